The van der Waals surface area contributed by atoms with Gasteiger partial charge < -0.3 is 14.4 Å². The Morgan fingerprint density at radius 1 is 0.900 bits per heavy atom. The number of hydrogen-bond acceptors (Lipinski definition) is 8. The van der Waals surface area contributed by atoms with E-state index in [0.717, 1.165) is 11.6 Å². The monoisotopic (exact) mass is 415 g/mol. The van der Waals surface area contributed by atoms with Gasteiger partial charge in [-0.25, -0.2) is 19.9 Å². The lowest BCUT2D eigenvalue weighted by atomic mass is 10.2. The lowest BCUT2D eigenvalue weighted by molar-refractivity contribution is 0.380. The van der Waals surface area contributed by atoms with Crippen molar-refractivity contribution in [2.45, 2.75) is 4.90 Å². The average Bonchev–Trinajstić information content (AvgIpc) is 3.24. The Morgan fingerprint density at radius 2 is 1.67 bits per heavy atom. The summed E-state index contributed by atoms with van der Waals surface area (Å²) in [5, 5.41) is 0. The molecule has 0 radical (unpaired) electrons. The average molecular weight is 415 g/mol. The van der Waals surface area contributed by atoms with E-state index in [2.05, 4.69) is 49.1 Å². The molecule has 2 aromatic carbocycles. The highest BCUT2D eigenvalue weighted by atomic mass is 32.2. The molecule has 1 aliphatic rings. The minimum absolute atomic E-state index is 0.294. The lowest BCUT2D eigenvalue weighted by Gasteiger charge is -2.19. The highest BCUT2D eigenvalue weighted by Gasteiger charge is 2.20. The zero-order chi connectivity index (χ0) is 20.3. The molecule has 7 nitrogen and oxygen atoms in total. The van der Waals surface area contributed by atoms with Crippen molar-refractivity contribution in [3.8, 4) is 28.9 Å². The highest BCUT2D eigenvalue weighted by Crippen LogP contribution is 2.42. The summed E-state index contributed by atoms with van der Waals surface area (Å²) in [5.74, 6) is 1.96. The van der Waals surface area contributed by atoms with Gasteiger partial charge in [0.25, 0.3) is 0 Å². The summed E-state index contributed by atoms with van der Waals surface area (Å²) in [6.07, 6.45) is 6.47. The van der Waals surface area contributed by atoms with E-state index in [1.54, 1.807) is 24.8 Å². The smallest absolute Gasteiger partial charge is 0.316 e. The quantitative estimate of drug-likeness (QED) is 0.454. The van der Waals surface area contributed by atoms with Gasteiger partial charge in [-0.3, -0.25) is 0 Å². The van der Waals surface area contributed by atoms with Crippen LogP contribution >= 0.6 is 11.8 Å². The molecule has 4 aromatic rings. The Labute approximate surface area is 177 Å². The molecule has 0 bridgehead atoms. The zero-order valence-electron chi connectivity index (χ0n) is 16.1. The van der Waals surface area contributed by atoms with E-state index < -0.39 is 0 Å². The number of nitrogens with zero attached hydrogens (tertiary/aromatic N) is 5. The first-order valence-corrected chi connectivity index (χ1v) is 10.2. The van der Waals surface area contributed by atoms with Gasteiger partial charge >= 0.3 is 6.01 Å². The fourth-order valence-electron chi connectivity index (χ4n) is 3.17. The van der Waals surface area contributed by atoms with Crippen LogP contribution in [0.4, 0.5) is 11.4 Å². The van der Waals surface area contributed by atoms with Crippen LogP contribution in [0.3, 0.4) is 0 Å². The van der Waals surface area contributed by atoms with E-state index in [9.17, 15) is 0 Å². The zero-order valence-corrected chi connectivity index (χ0v) is 16.9. The minimum atomic E-state index is 0.294. The number of methoxy groups -OCH3 is 1. The number of rotatable bonds is 5. The van der Waals surface area contributed by atoms with Crippen molar-refractivity contribution in [3.63, 3.8) is 0 Å². The van der Waals surface area contributed by atoms with Crippen molar-refractivity contribution in [1.82, 2.24) is 19.9 Å². The summed E-state index contributed by atoms with van der Waals surface area (Å²) in [7, 11) is 1.52. The Kier molecular flexibility index (Phi) is 4.90. The van der Waals surface area contributed by atoms with Crippen LogP contribution in [-0.4, -0.2) is 32.9 Å². The molecule has 2 aromatic heterocycles. The van der Waals surface area contributed by atoms with Crippen LogP contribution in [0.1, 0.15) is 0 Å². The molecule has 148 valence electrons. The molecule has 0 saturated heterocycles. The normalized spacial score (nSPS) is 12.5. The molecular formula is C22H17N5O2S. The molecule has 30 heavy (non-hydrogen) atoms. The highest BCUT2D eigenvalue weighted by molar-refractivity contribution is 7.99. The molecule has 0 amide bonds. The van der Waals surface area contributed by atoms with Gasteiger partial charge in [-0.2, -0.15) is 0 Å². The molecule has 1 aliphatic heterocycles. The third-order valence-electron chi connectivity index (χ3n) is 4.62. The largest absolute Gasteiger partial charge is 0.467 e. The van der Waals surface area contributed by atoms with Gasteiger partial charge in [0, 0.05) is 40.9 Å². The third-order valence-corrected chi connectivity index (χ3v) is 5.66. The molecule has 0 aliphatic carbocycles. The Morgan fingerprint density at radius 3 is 2.47 bits per heavy atom. The van der Waals surface area contributed by atoms with Crippen LogP contribution in [0.25, 0.3) is 11.3 Å². The van der Waals surface area contributed by atoms with Crippen LogP contribution in [-0.2, 0) is 0 Å². The molecule has 3 heterocycles. The number of ether oxygens (including phenoxy) is 2. The first kappa shape index (κ1) is 18.4. The summed E-state index contributed by atoms with van der Waals surface area (Å²) in [6.45, 7) is 0. The summed E-state index contributed by atoms with van der Waals surface area (Å²) in [6, 6.07) is 16.7. The van der Waals surface area contributed by atoms with Gasteiger partial charge in [0.1, 0.15) is 11.4 Å². The van der Waals surface area contributed by atoms with Crippen molar-refractivity contribution in [2.75, 3.05) is 17.9 Å². The van der Waals surface area contributed by atoms with Crippen molar-refractivity contribution in [1.29, 1.82) is 0 Å². The van der Waals surface area contributed by atoms with Crippen LogP contribution in [0, 0.1) is 0 Å². The lowest BCUT2D eigenvalue weighted by Crippen LogP contribution is -2.11. The van der Waals surface area contributed by atoms with E-state index in [-0.39, 0.29) is 0 Å². The Balaban J connectivity index is 1.38. The van der Waals surface area contributed by atoms with Crippen molar-refractivity contribution < 1.29 is 9.47 Å². The minimum Gasteiger partial charge on any atom is -0.467 e. The third kappa shape index (κ3) is 3.53. The summed E-state index contributed by atoms with van der Waals surface area (Å²) in [5.41, 5.74) is 3.60. The maximum atomic E-state index is 6.02. The number of hydrogen-bond donors (Lipinski definition) is 0. The number of fused-ring (bicyclic) bond motifs is 1. The number of aromatic nitrogens is 4. The molecular weight excluding hydrogens is 398 g/mol. The summed E-state index contributed by atoms with van der Waals surface area (Å²) < 4.78 is 11.0. The molecule has 8 heteroatoms. The van der Waals surface area contributed by atoms with Crippen molar-refractivity contribution in [3.05, 3.63) is 73.3 Å². The fourth-order valence-corrected chi connectivity index (χ4v) is 4.22. The number of anilines is 2. The first-order valence-electron chi connectivity index (χ1n) is 9.26. The molecule has 0 fully saturated rings. The van der Waals surface area contributed by atoms with Crippen LogP contribution < -0.4 is 14.4 Å². The molecule has 0 spiro atoms. The second-order valence-electron chi connectivity index (χ2n) is 6.43. The van der Waals surface area contributed by atoms with Gasteiger partial charge in [0.2, 0.25) is 5.88 Å². The fraction of sp³-hybridized carbons (Fsp3) is 0.0909. The van der Waals surface area contributed by atoms with Gasteiger partial charge in [0.15, 0.2) is 0 Å². The predicted molar refractivity (Wildman–Crippen MR) is 115 cm³/mol. The molecule has 0 atom stereocenters. The number of thioether (sulfide) groups is 1. The van der Waals surface area contributed by atoms with E-state index in [4.69, 9.17) is 9.47 Å². The Bertz CT molecular complexity index is 1170. The summed E-state index contributed by atoms with van der Waals surface area (Å²) in [4.78, 5) is 20.6. The Hall–Kier alpha value is -3.65. The van der Waals surface area contributed by atoms with E-state index >= 15 is 0 Å². The van der Waals surface area contributed by atoms with Crippen LogP contribution in [0.2, 0.25) is 0 Å². The SMILES string of the molecule is COc1ncc(-c2nccnc2Oc2ccc(N3CSc4ccccc43)cc2)cn1. The van der Waals surface area contributed by atoms with Gasteiger partial charge in [-0.1, -0.05) is 12.1 Å². The first-order chi connectivity index (χ1) is 14.8. The topological polar surface area (TPSA) is 73.3 Å². The standard InChI is InChI=1S/C22H17N5O2S/c1-28-22-25-12-15(13-26-22)20-21(24-11-10-23-20)29-17-8-6-16(7-9-17)27-14-30-19-5-3-2-4-18(19)27/h2-13H,14H2,1H3. The second kappa shape index (κ2) is 8.00. The van der Waals surface area contributed by atoms with Gasteiger partial charge in [0.05, 0.1) is 18.7 Å². The van der Waals surface area contributed by atoms with Crippen LogP contribution in [0.15, 0.2) is 78.2 Å². The van der Waals surface area contributed by atoms with Crippen molar-refractivity contribution >= 4 is 23.1 Å². The molecule has 0 N–H and O–H groups in total. The van der Waals surface area contributed by atoms with Crippen LogP contribution in [0.5, 0.6) is 17.6 Å². The predicted octanol–water partition coefficient (Wildman–Crippen LogP) is 4.94. The maximum absolute atomic E-state index is 6.02. The maximum Gasteiger partial charge on any atom is 0.316 e. The van der Waals surface area contributed by atoms with E-state index in [0.29, 0.717) is 28.9 Å². The van der Waals surface area contributed by atoms with Gasteiger partial charge in [-0.05, 0) is 36.4 Å². The number of para-hydroxylation sites is 1. The summed E-state index contributed by atoms with van der Waals surface area (Å²) >= 11 is 1.84. The number of benzene rings is 2. The van der Waals surface area contributed by atoms with Crippen molar-refractivity contribution in [2.24, 2.45) is 0 Å². The van der Waals surface area contributed by atoms with Gasteiger partial charge in [-0.15, -0.1) is 11.8 Å². The molecule has 5 rings (SSSR count). The van der Waals surface area contributed by atoms with E-state index in [1.165, 1.54) is 17.7 Å². The molecule has 0 saturated carbocycles. The second-order valence-corrected chi connectivity index (χ2v) is 7.42. The molecule has 0 unspecified atom stereocenters. The van der Waals surface area contributed by atoms with E-state index in [1.807, 2.05) is 36.0 Å².